The number of ether oxygens (including phenoxy) is 3. The minimum atomic E-state index is -3.86. The molecule has 1 aromatic heterocycles. The van der Waals surface area contributed by atoms with Crippen LogP contribution >= 0.6 is 0 Å². The maximum Gasteiger partial charge on any atom is 0.210 e. The summed E-state index contributed by atoms with van der Waals surface area (Å²) >= 11 is 0. The quantitative estimate of drug-likeness (QED) is 0.451. The van der Waals surface area contributed by atoms with Crippen molar-refractivity contribution >= 4 is 32.1 Å². The summed E-state index contributed by atoms with van der Waals surface area (Å²) < 4.78 is 43.9. The number of pyridine rings is 1. The van der Waals surface area contributed by atoms with E-state index in [2.05, 4.69) is 10.3 Å². The topological polar surface area (TPSA) is 86.8 Å². The fourth-order valence-corrected chi connectivity index (χ4v) is 5.09. The lowest BCUT2D eigenvalue weighted by Gasteiger charge is -2.20. The Kier molecular flexibility index (Phi) is 5.30. The van der Waals surface area contributed by atoms with E-state index in [9.17, 15) is 8.42 Å². The van der Waals surface area contributed by atoms with Crippen LogP contribution in [0.4, 0.5) is 11.4 Å². The van der Waals surface area contributed by atoms with E-state index in [0.717, 1.165) is 5.56 Å². The van der Waals surface area contributed by atoms with Gasteiger partial charge in [0.05, 0.1) is 23.2 Å². The second-order valence-electron chi connectivity index (χ2n) is 7.68. The number of hydrogen-bond acceptors (Lipinski definition) is 7. The molecule has 0 radical (unpaired) electrons. The number of nitrogens with one attached hydrogen (secondary N) is 1. The fraction of sp³-hybridized carbons (Fsp3) is 0.160. The van der Waals surface area contributed by atoms with Crippen molar-refractivity contribution in [2.24, 2.45) is 0 Å². The first kappa shape index (κ1) is 21.1. The molecule has 0 amide bonds. The van der Waals surface area contributed by atoms with Crippen molar-refractivity contribution in [3.8, 4) is 17.2 Å². The number of aryl methyl sites for hydroxylation is 1. The van der Waals surface area contributed by atoms with Crippen LogP contribution in [0.1, 0.15) is 5.56 Å². The molecule has 3 aromatic carbocycles. The van der Waals surface area contributed by atoms with E-state index in [0.29, 0.717) is 52.7 Å². The van der Waals surface area contributed by atoms with E-state index in [1.807, 2.05) is 13.0 Å². The molecule has 0 saturated carbocycles. The average Bonchev–Trinajstić information content (AvgIpc) is 2.84. The molecule has 7 nitrogen and oxygen atoms in total. The Labute approximate surface area is 191 Å². The molecule has 0 saturated heterocycles. The second kappa shape index (κ2) is 8.29. The maximum absolute atomic E-state index is 13.6. The van der Waals surface area contributed by atoms with Gasteiger partial charge in [-0.25, -0.2) is 8.42 Å². The molecule has 0 aliphatic carbocycles. The first-order valence-corrected chi connectivity index (χ1v) is 11.9. The molecule has 168 valence electrons. The van der Waals surface area contributed by atoms with E-state index in [-0.39, 0.29) is 9.79 Å². The number of hydrogen-bond donors (Lipinski definition) is 1. The molecule has 0 unspecified atom stereocenters. The normalized spacial score (nSPS) is 13.0. The van der Waals surface area contributed by atoms with Gasteiger partial charge in [-0.3, -0.25) is 4.98 Å². The molecule has 0 atom stereocenters. The highest BCUT2D eigenvalue weighted by Gasteiger charge is 2.25. The SMILES string of the molecule is COc1ccc2ncc(S(=O)(=O)c3ccc(C)cc3)c(Nc3ccc4c(c3)OCCO4)c2c1. The Morgan fingerprint density at radius 3 is 2.45 bits per heavy atom. The molecule has 1 aliphatic heterocycles. The van der Waals surface area contributed by atoms with Gasteiger partial charge in [-0.15, -0.1) is 0 Å². The summed E-state index contributed by atoms with van der Waals surface area (Å²) in [6, 6.07) is 17.5. The van der Waals surface area contributed by atoms with Gasteiger partial charge in [0, 0.05) is 23.3 Å². The minimum Gasteiger partial charge on any atom is -0.497 e. The molecule has 1 aliphatic rings. The largest absolute Gasteiger partial charge is 0.497 e. The lowest BCUT2D eigenvalue weighted by Crippen LogP contribution is -2.15. The van der Waals surface area contributed by atoms with Crippen LogP contribution in [-0.2, 0) is 9.84 Å². The molecular formula is C25H22N2O5S. The first-order chi connectivity index (χ1) is 16.0. The summed E-state index contributed by atoms with van der Waals surface area (Å²) in [6.45, 7) is 2.86. The smallest absolute Gasteiger partial charge is 0.210 e. The van der Waals surface area contributed by atoms with E-state index in [1.165, 1.54) is 6.20 Å². The first-order valence-electron chi connectivity index (χ1n) is 10.4. The lowest BCUT2D eigenvalue weighted by molar-refractivity contribution is 0.171. The highest BCUT2D eigenvalue weighted by Crippen LogP contribution is 2.39. The molecule has 0 bridgehead atoms. The van der Waals surface area contributed by atoms with Gasteiger partial charge in [-0.05, 0) is 49.4 Å². The summed E-state index contributed by atoms with van der Waals surface area (Å²) in [5.74, 6) is 1.85. The van der Waals surface area contributed by atoms with Gasteiger partial charge in [0.1, 0.15) is 23.9 Å². The lowest BCUT2D eigenvalue weighted by atomic mass is 10.1. The van der Waals surface area contributed by atoms with Gasteiger partial charge < -0.3 is 19.5 Å². The number of fused-ring (bicyclic) bond motifs is 2. The van der Waals surface area contributed by atoms with Crippen molar-refractivity contribution in [2.45, 2.75) is 16.7 Å². The molecule has 4 aromatic rings. The Morgan fingerprint density at radius 2 is 1.70 bits per heavy atom. The highest BCUT2D eigenvalue weighted by atomic mass is 32.2. The number of sulfone groups is 1. The summed E-state index contributed by atoms with van der Waals surface area (Å²) in [5, 5.41) is 3.92. The number of methoxy groups -OCH3 is 1. The molecule has 5 rings (SSSR count). The van der Waals surface area contributed by atoms with E-state index < -0.39 is 9.84 Å². The maximum atomic E-state index is 13.6. The van der Waals surface area contributed by atoms with Gasteiger partial charge in [-0.2, -0.15) is 0 Å². The van der Waals surface area contributed by atoms with Crippen molar-refractivity contribution in [1.29, 1.82) is 0 Å². The predicted octanol–water partition coefficient (Wildman–Crippen LogP) is 4.90. The third-order valence-electron chi connectivity index (χ3n) is 5.47. The van der Waals surface area contributed by atoms with Gasteiger partial charge in [0.15, 0.2) is 11.5 Å². The van der Waals surface area contributed by atoms with Crippen LogP contribution < -0.4 is 19.5 Å². The third-order valence-corrected chi connectivity index (χ3v) is 7.25. The molecule has 2 heterocycles. The van der Waals surface area contributed by atoms with Crippen molar-refractivity contribution in [3.63, 3.8) is 0 Å². The summed E-state index contributed by atoms with van der Waals surface area (Å²) in [4.78, 5) is 4.69. The van der Waals surface area contributed by atoms with Gasteiger partial charge in [0.2, 0.25) is 9.84 Å². The van der Waals surface area contributed by atoms with Crippen molar-refractivity contribution in [3.05, 3.63) is 72.4 Å². The van der Waals surface area contributed by atoms with Gasteiger partial charge in [0.25, 0.3) is 0 Å². The highest BCUT2D eigenvalue weighted by molar-refractivity contribution is 7.91. The number of rotatable bonds is 5. The van der Waals surface area contributed by atoms with Crippen LogP contribution in [-0.4, -0.2) is 33.7 Å². The minimum absolute atomic E-state index is 0.0713. The van der Waals surface area contributed by atoms with Gasteiger partial charge in [-0.1, -0.05) is 17.7 Å². The number of anilines is 2. The molecular weight excluding hydrogens is 440 g/mol. The summed E-state index contributed by atoms with van der Waals surface area (Å²) in [5.41, 5.74) is 2.69. The van der Waals surface area contributed by atoms with Crippen molar-refractivity contribution < 1.29 is 22.6 Å². The molecule has 0 fully saturated rings. The van der Waals surface area contributed by atoms with Crippen LogP contribution in [0.5, 0.6) is 17.2 Å². The summed E-state index contributed by atoms with van der Waals surface area (Å²) in [6.07, 6.45) is 1.39. The average molecular weight is 463 g/mol. The number of nitrogens with zero attached hydrogens (tertiary/aromatic N) is 1. The van der Waals surface area contributed by atoms with Gasteiger partial charge >= 0.3 is 0 Å². The van der Waals surface area contributed by atoms with Crippen LogP contribution in [0.25, 0.3) is 10.9 Å². The third kappa shape index (κ3) is 3.93. The summed E-state index contributed by atoms with van der Waals surface area (Å²) in [7, 11) is -2.29. The predicted molar refractivity (Wildman–Crippen MR) is 126 cm³/mol. The van der Waals surface area contributed by atoms with E-state index in [1.54, 1.807) is 61.7 Å². The van der Waals surface area contributed by atoms with Crippen LogP contribution in [0.2, 0.25) is 0 Å². The van der Waals surface area contributed by atoms with Crippen molar-refractivity contribution in [2.75, 3.05) is 25.6 Å². The number of aromatic nitrogens is 1. The van der Waals surface area contributed by atoms with Crippen LogP contribution in [0.3, 0.4) is 0 Å². The number of benzene rings is 3. The Hall–Kier alpha value is -3.78. The van der Waals surface area contributed by atoms with Crippen LogP contribution in [0.15, 0.2) is 76.7 Å². The molecule has 8 heteroatoms. The Bertz CT molecular complexity index is 1450. The second-order valence-corrected chi connectivity index (χ2v) is 9.60. The van der Waals surface area contributed by atoms with E-state index in [4.69, 9.17) is 14.2 Å². The van der Waals surface area contributed by atoms with Crippen molar-refractivity contribution in [1.82, 2.24) is 4.98 Å². The Morgan fingerprint density at radius 1 is 0.939 bits per heavy atom. The molecule has 33 heavy (non-hydrogen) atoms. The molecule has 0 spiro atoms. The zero-order chi connectivity index (χ0) is 23.0. The van der Waals surface area contributed by atoms with E-state index >= 15 is 0 Å². The Balaban J connectivity index is 1.70. The molecule has 1 N–H and O–H groups in total. The fourth-order valence-electron chi connectivity index (χ4n) is 3.72. The monoisotopic (exact) mass is 462 g/mol. The zero-order valence-electron chi connectivity index (χ0n) is 18.2. The zero-order valence-corrected chi connectivity index (χ0v) is 19.0. The standard InChI is InChI=1S/C25H22N2O5S/c1-16-3-7-19(8-4-16)33(28,29)24-15-26-21-9-6-18(30-2)14-20(21)25(24)27-17-5-10-22-23(13-17)32-12-11-31-22/h3-10,13-15H,11-12H2,1-2H3,(H,26,27). The van der Waals surface area contributed by atoms with Crippen LogP contribution in [0, 0.1) is 6.92 Å².